The van der Waals surface area contributed by atoms with E-state index < -0.39 is 10.0 Å². The van der Waals surface area contributed by atoms with Crippen LogP contribution >= 0.6 is 0 Å². The molecule has 0 bridgehead atoms. The van der Waals surface area contributed by atoms with E-state index in [1.165, 1.54) is 0 Å². The van der Waals surface area contributed by atoms with Crippen LogP contribution in [0.1, 0.15) is 25.3 Å². The van der Waals surface area contributed by atoms with Gasteiger partial charge in [0.05, 0.1) is 5.25 Å². The van der Waals surface area contributed by atoms with Crippen molar-refractivity contribution < 1.29 is 13.2 Å². The van der Waals surface area contributed by atoms with Crippen LogP contribution in [0.5, 0.6) is 0 Å². The molecule has 0 radical (unpaired) electrons. The molecule has 5 nitrogen and oxygen atoms in total. The number of rotatable bonds is 5. The lowest BCUT2D eigenvalue weighted by atomic mass is 10.2. The summed E-state index contributed by atoms with van der Waals surface area (Å²) in [5, 5.41) is -0.315. The van der Waals surface area contributed by atoms with E-state index in [0.29, 0.717) is 44.8 Å². The number of anilines is 1. The van der Waals surface area contributed by atoms with Gasteiger partial charge in [-0.25, -0.2) is 8.42 Å². The first kappa shape index (κ1) is 15.3. The molecule has 0 aliphatic carbocycles. The minimum absolute atomic E-state index is 0.315. The van der Waals surface area contributed by atoms with Crippen LogP contribution in [0.4, 0.5) is 5.69 Å². The van der Waals surface area contributed by atoms with E-state index in [9.17, 15) is 8.42 Å². The van der Waals surface area contributed by atoms with Crippen LogP contribution in [0.3, 0.4) is 0 Å². The molecule has 20 heavy (non-hydrogen) atoms. The van der Waals surface area contributed by atoms with Gasteiger partial charge < -0.3 is 10.5 Å². The van der Waals surface area contributed by atoms with Crippen molar-refractivity contribution in [3.05, 3.63) is 29.8 Å². The largest absolute Gasteiger partial charge is 0.399 e. The quantitative estimate of drug-likeness (QED) is 0.838. The van der Waals surface area contributed by atoms with Crippen molar-refractivity contribution in [3.8, 4) is 0 Å². The lowest BCUT2D eigenvalue weighted by molar-refractivity contribution is 0.0972. The van der Waals surface area contributed by atoms with Crippen LogP contribution < -0.4 is 5.73 Å². The minimum atomic E-state index is -3.26. The molecular weight excluding hydrogens is 276 g/mol. The van der Waals surface area contributed by atoms with Gasteiger partial charge in [-0.15, -0.1) is 0 Å². The fourth-order valence-corrected chi connectivity index (χ4v) is 4.29. The average molecular weight is 298 g/mol. The van der Waals surface area contributed by atoms with Gasteiger partial charge in [0.15, 0.2) is 0 Å². The molecule has 0 saturated carbocycles. The highest BCUT2D eigenvalue weighted by atomic mass is 32.2. The van der Waals surface area contributed by atoms with Gasteiger partial charge >= 0.3 is 0 Å². The number of nitrogen functional groups attached to an aromatic ring is 1. The normalized spacial score (nSPS) is 17.5. The number of nitrogens with zero attached hydrogens (tertiary/aromatic N) is 1. The summed E-state index contributed by atoms with van der Waals surface area (Å²) in [7, 11) is -3.26. The van der Waals surface area contributed by atoms with E-state index in [2.05, 4.69) is 0 Å². The second-order valence-corrected chi connectivity index (χ2v) is 7.24. The van der Waals surface area contributed by atoms with Crippen LogP contribution in [0.25, 0.3) is 0 Å². The second kappa shape index (κ2) is 6.56. The standard InChI is InChI=1S/C14H22N2O3S/c1-2-16(11-12-3-5-13(15)6-4-12)20(17,18)14-7-9-19-10-8-14/h3-6,14H,2,7-11,15H2,1H3. The zero-order valence-corrected chi connectivity index (χ0v) is 12.6. The third kappa shape index (κ3) is 3.50. The van der Waals surface area contributed by atoms with Crippen LogP contribution in [0, 0.1) is 0 Å². The summed E-state index contributed by atoms with van der Waals surface area (Å²) in [6.07, 6.45) is 1.17. The summed E-state index contributed by atoms with van der Waals surface area (Å²) < 4.78 is 32.1. The average Bonchev–Trinajstić information content (AvgIpc) is 2.47. The Hall–Kier alpha value is -1.11. The second-order valence-electron chi connectivity index (χ2n) is 5.02. The number of sulfonamides is 1. The van der Waals surface area contributed by atoms with Crippen molar-refractivity contribution in [2.75, 3.05) is 25.5 Å². The monoisotopic (exact) mass is 298 g/mol. The Labute approximate surface area is 120 Å². The first-order valence-electron chi connectivity index (χ1n) is 6.95. The van der Waals surface area contributed by atoms with Gasteiger partial charge in [-0.2, -0.15) is 4.31 Å². The molecular formula is C14H22N2O3S. The Morgan fingerprint density at radius 1 is 1.25 bits per heavy atom. The highest BCUT2D eigenvalue weighted by molar-refractivity contribution is 7.89. The van der Waals surface area contributed by atoms with Gasteiger partial charge in [0.1, 0.15) is 0 Å². The Morgan fingerprint density at radius 2 is 1.85 bits per heavy atom. The molecule has 0 unspecified atom stereocenters. The molecule has 0 atom stereocenters. The van der Waals surface area contributed by atoms with Crippen LogP contribution in [0.15, 0.2) is 24.3 Å². The van der Waals surface area contributed by atoms with Crippen molar-refractivity contribution in [3.63, 3.8) is 0 Å². The van der Waals surface area contributed by atoms with Crippen molar-refractivity contribution >= 4 is 15.7 Å². The molecule has 1 saturated heterocycles. The van der Waals surface area contributed by atoms with Crippen molar-refractivity contribution in [1.82, 2.24) is 4.31 Å². The van der Waals surface area contributed by atoms with E-state index in [4.69, 9.17) is 10.5 Å². The van der Waals surface area contributed by atoms with E-state index in [-0.39, 0.29) is 5.25 Å². The van der Waals surface area contributed by atoms with E-state index in [0.717, 1.165) is 5.56 Å². The fourth-order valence-electron chi connectivity index (χ4n) is 2.39. The van der Waals surface area contributed by atoms with Gasteiger partial charge in [-0.05, 0) is 30.5 Å². The summed E-state index contributed by atoms with van der Waals surface area (Å²) in [5.74, 6) is 0. The van der Waals surface area contributed by atoms with Crippen LogP contribution in [-0.4, -0.2) is 37.7 Å². The zero-order valence-electron chi connectivity index (χ0n) is 11.8. The Morgan fingerprint density at radius 3 is 2.40 bits per heavy atom. The molecule has 1 fully saturated rings. The highest BCUT2D eigenvalue weighted by Crippen LogP contribution is 2.21. The first-order valence-corrected chi connectivity index (χ1v) is 8.45. The number of ether oxygens (including phenoxy) is 1. The van der Waals surface area contributed by atoms with Crippen molar-refractivity contribution in [2.24, 2.45) is 0 Å². The molecule has 1 aromatic rings. The molecule has 6 heteroatoms. The van der Waals surface area contributed by atoms with Gasteiger partial charge in [-0.3, -0.25) is 0 Å². The predicted octanol–water partition coefficient (Wildman–Crippen LogP) is 1.60. The summed E-state index contributed by atoms with van der Waals surface area (Å²) >= 11 is 0. The van der Waals surface area contributed by atoms with Crippen molar-refractivity contribution in [2.45, 2.75) is 31.6 Å². The molecule has 0 spiro atoms. The van der Waals surface area contributed by atoms with Crippen molar-refractivity contribution in [1.29, 1.82) is 0 Å². The molecule has 1 heterocycles. The molecule has 1 aliphatic rings. The van der Waals surface area contributed by atoms with Gasteiger partial charge in [0.25, 0.3) is 0 Å². The third-order valence-electron chi connectivity index (χ3n) is 3.64. The summed E-state index contributed by atoms with van der Waals surface area (Å²) in [6.45, 7) is 3.81. The maximum absolute atomic E-state index is 12.6. The van der Waals surface area contributed by atoms with Gasteiger partial charge in [0.2, 0.25) is 10.0 Å². The number of nitrogens with two attached hydrogens (primary N) is 1. The Kier molecular flexibility index (Phi) is 5.01. The van der Waals surface area contributed by atoms with Gasteiger partial charge in [0, 0.05) is 32.0 Å². The number of hydrogen-bond acceptors (Lipinski definition) is 4. The minimum Gasteiger partial charge on any atom is -0.399 e. The molecule has 2 N–H and O–H groups in total. The maximum atomic E-state index is 12.6. The maximum Gasteiger partial charge on any atom is 0.217 e. The van der Waals surface area contributed by atoms with E-state index in [1.54, 1.807) is 16.4 Å². The lowest BCUT2D eigenvalue weighted by Gasteiger charge is -2.29. The van der Waals surface area contributed by atoms with Crippen LogP contribution in [-0.2, 0) is 21.3 Å². The Balaban J connectivity index is 2.12. The summed E-state index contributed by atoms with van der Waals surface area (Å²) in [5.41, 5.74) is 7.29. The molecule has 0 aromatic heterocycles. The SMILES string of the molecule is CCN(Cc1ccc(N)cc1)S(=O)(=O)C1CCOCC1. The molecule has 0 amide bonds. The first-order chi connectivity index (χ1) is 9.54. The number of hydrogen-bond donors (Lipinski definition) is 1. The molecule has 112 valence electrons. The van der Waals surface area contributed by atoms with Crippen LogP contribution in [0.2, 0.25) is 0 Å². The smallest absolute Gasteiger partial charge is 0.217 e. The molecule has 2 rings (SSSR count). The third-order valence-corrected chi connectivity index (χ3v) is 6.06. The summed E-state index contributed by atoms with van der Waals surface area (Å²) in [4.78, 5) is 0. The Bertz CT molecular complexity index is 522. The molecule has 1 aliphatic heterocycles. The summed E-state index contributed by atoms with van der Waals surface area (Å²) in [6, 6.07) is 7.34. The molecule has 1 aromatic carbocycles. The fraction of sp³-hybridized carbons (Fsp3) is 0.571. The van der Waals surface area contributed by atoms with Gasteiger partial charge in [-0.1, -0.05) is 19.1 Å². The van der Waals surface area contributed by atoms with E-state index >= 15 is 0 Å². The highest BCUT2D eigenvalue weighted by Gasteiger charge is 2.32. The van der Waals surface area contributed by atoms with E-state index in [1.807, 2.05) is 19.1 Å². The topological polar surface area (TPSA) is 72.6 Å². The predicted molar refractivity (Wildman–Crippen MR) is 79.7 cm³/mol. The number of benzene rings is 1. The zero-order chi connectivity index (χ0) is 14.6. The lowest BCUT2D eigenvalue weighted by Crippen LogP contribution is -2.40.